The van der Waals surface area contributed by atoms with Gasteiger partial charge >= 0.3 is 6.18 Å². The van der Waals surface area contributed by atoms with Crippen LogP contribution in [0.25, 0.3) is 0 Å². The first-order valence-corrected chi connectivity index (χ1v) is 9.04. The van der Waals surface area contributed by atoms with Gasteiger partial charge in [-0.25, -0.2) is 4.68 Å². The van der Waals surface area contributed by atoms with Crippen molar-refractivity contribution in [1.82, 2.24) is 15.1 Å². The van der Waals surface area contributed by atoms with Crippen LogP contribution in [0, 0.1) is 5.92 Å². The Balaban J connectivity index is 0.000000735. The van der Waals surface area contributed by atoms with E-state index in [1.807, 2.05) is 0 Å². The molecule has 2 heterocycles. The van der Waals surface area contributed by atoms with Crippen molar-refractivity contribution >= 4 is 23.6 Å². The predicted octanol–water partition coefficient (Wildman–Crippen LogP) is 2.51. The van der Waals surface area contributed by atoms with Gasteiger partial charge in [0.15, 0.2) is 0 Å². The van der Waals surface area contributed by atoms with Crippen molar-refractivity contribution in [3.63, 3.8) is 0 Å². The minimum atomic E-state index is -4.48. The molecule has 0 aliphatic carbocycles. The van der Waals surface area contributed by atoms with Crippen LogP contribution >= 0.6 is 0 Å². The van der Waals surface area contributed by atoms with Crippen LogP contribution in [0.5, 0.6) is 0 Å². The maximum absolute atomic E-state index is 13.1. The SMILES string of the molecule is CC(=O)O.O=C1NCCCC1C(=O)Nc1ccnn1Cc1ccccc1C(F)(F)F. The van der Waals surface area contributed by atoms with Gasteiger partial charge in [0.25, 0.3) is 5.97 Å². The lowest BCUT2D eigenvalue weighted by Gasteiger charge is -2.21. The highest BCUT2D eigenvalue weighted by Gasteiger charge is 2.33. The maximum Gasteiger partial charge on any atom is 0.416 e. The number of rotatable bonds is 4. The highest BCUT2D eigenvalue weighted by atomic mass is 19.4. The molecular formula is C19H21F3N4O4. The Morgan fingerprint density at radius 2 is 1.97 bits per heavy atom. The van der Waals surface area contributed by atoms with Gasteiger partial charge in [0, 0.05) is 19.5 Å². The molecule has 1 unspecified atom stereocenters. The third-order valence-corrected chi connectivity index (χ3v) is 4.21. The largest absolute Gasteiger partial charge is 0.481 e. The number of hydrogen-bond acceptors (Lipinski definition) is 4. The molecule has 1 atom stereocenters. The number of aromatic nitrogens is 2. The highest BCUT2D eigenvalue weighted by Crippen LogP contribution is 2.32. The fraction of sp³-hybridized carbons (Fsp3) is 0.368. The quantitative estimate of drug-likeness (QED) is 0.651. The molecule has 3 N–H and O–H groups in total. The number of carboxylic acids is 1. The van der Waals surface area contributed by atoms with Gasteiger partial charge in [0.2, 0.25) is 11.8 Å². The van der Waals surface area contributed by atoms with Crippen LogP contribution in [-0.2, 0) is 27.1 Å². The molecule has 1 aliphatic rings. The summed E-state index contributed by atoms with van der Waals surface area (Å²) in [5.41, 5.74) is -0.714. The minimum absolute atomic E-state index is 0.0367. The minimum Gasteiger partial charge on any atom is -0.481 e. The van der Waals surface area contributed by atoms with Crippen molar-refractivity contribution in [2.24, 2.45) is 5.92 Å². The summed E-state index contributed by atoms with van der Waals surface area (Å²) in [6.07, 6.45) is -1.97. The van der Waals surface area contributed by atoms with E-state index in [9.17, 15) is 22.8 Å². The molecule has 3 rings (SSSR count). The summed E-state index contributed by atoms with van der Waals surface area (Å²) in [7, 11) is 0. The molecule has 0 radical (unpaired) electrons. The van der Waals surface area contributed by atoms with Gasteiger partial charge in [-0.15, -0.1) is 0 Å². The van der Waals surface area contributed by atoms with Crippen LogP contribution in [0.3, 0.4) is 0 Å². The molecule has 0 bridgehead atoms. The van der Waals surface area contributed by atoms with E-state index in [1.165, 1.54) is 35.1 Å². The molecular weight excluding hydrogens is 405 g/mol. The van der Waals surface area contributed by atoms with Crippen LogP contribution in [0.4, 0.5) is 19.0 Å². The normalized spacial score (nSPS) is 16.1. The predicted molar refractivity (Wildman–Crippen MR) is 100 cm³/mol. The number of carbonyl (C=O) groups excluding carboxylic acids is 2. The molecule has 11 heteroatoms. The number of hydrogen-bond donors (Lipinski definition) is 3. The topological polar surface area (TPSA) is 113 Å². The number of anilines is 1. The summed E-state index contributed by atoms with van der Waals surface area (Å²) in [5, 5.41) is 16.6. The second kappa shape index (κ2) is 9.90. The Morgan fingerprint density at radius 3 is 2.60 bits per heavy atom. The zero-order chi connectivity index (χ0) is 22.3. The van der Waals surface area contributed by atoms with Gasteiger partial charge in [-0.05, 0) is 24.5 Å². The van der Waals surface area contributed by atoms with E-state index in [0.29, 0.717) is 19.4 Å². The Hall–Kier alpha value is -3.37. The molecule has 8 nitrogen and oxygen atoms in total. The van der Waals surface area contributed by atoms with E-state index in [0.717, 1.165) is 13.0 Å². The number of nitrogens with one attached hydrogen (secondary N) is 2. The molecule has 0 spiro atoms. The van der Waals surface area contributed by atoms with Crippen molar-refractivity contribution in [2.45, 2.75) is 32.5 Å². The third-order valence-electron chi connectivity index (χ3n) is 4.21. The molecule has 2 aromatic rings. The van der Waals surface area contributed by atoms with Gasteiger partial charge in [0.05, 0.1) is 18.3 Å². The Bertz CT molecular complexity index is 907. The highest BCUT2D eigenvalue weighted by molar-refractivity contribution is 6.06. The van der Waals surface area contributed by atoms with Crippen molar-refractivity contribution in [3.05, 3.63) is 47.7 Å². The van der Waals surface area contributed by atoms with E-state index >= 15 is 0 Å². The van der Waals surface area contributed by atoms with Gasteiger partial charge in [-0.3, -0.25) is 14.4 Å². The number of benzene rings is 1. The Labute approximate surface area is 170 Å². The third kappa shape index (κ3) is 6.33. The van der Waals surface area contributed by atoms with Crippen molar-refractivity contribution in [3.8, 4) is 0 Å². The first-order valence-electron chi connectivity index (χ1n) is 9.04. The Morgan fingerprint density at radius 1 is 1.30 bits per heavy atom. The van der Waals surface area contributed by atoms with Crippen LogP contribution in [0.2, 0.25) is 0 Å². The zero-order valence-electron chi connectivity index (χ0n) is 16.1. The Kier molecular flexibility index (Phi) is 7.56. The summed E-state index contributed by atoms with van der Waals surface area (Å²) in [6.45, 7) is 1.46. The smallest absolute Gasteiger partial charge is 0.416 e. The molecule has 1 aromatic heterocycles. The fourth-order valence-corrected chi connectivity index (χ4v) is 2.90. The first-order chi connectivity index (χ1) is 14.1. The lowest BCUT2D eigenvalue weighted by Crippen LogP contribution is -2.42. The molecule has 2 amide bonds. The van der Waals surface area contributed by atoms with Gasteiger partial charge in [-0.1, -0.05) is 18.2 Å². The van der Waals surface area contributed by atoms with Crippen molar-refractivity contribution in [2.75, 3.05) is 11.9 Å². The first kappa shape index (κ1) is 22.9. The average Bonchev–Trinajstić information content (AvgIpc) is 3.08. The lowest BCUT2D eigenvalue weighted by atomic mass is 9.98. The molecule has 162 valence electrons. The van der Waals surface area contributed by atoms with Gasteiger partial charge < -0.3 is 15.7 Å². The average molecular weight is 426 g/mol. The number of carbonyl (C=O) groups is 3. The van der Waals surface area contributed by atoms with Crippen LogP contribution in [0.1, 0.15) is 30.9 Å². The van der Waals surface area contributed by atoms with Gasteiger partial charge in [0.1, 0.15) is 11.7 Å². The van der Waals surface area contributed by atoms with E-state index < -0.39 is 29.5 Å². The number of piperidine rings is 1. The number of amides is 2. The number of halogens is 3. The number of alkyl halides is 3. The number of carboxylic acid groups (broad SMARTS) is 1. The molecule has 0 saturated carbocycles. The van der Waals surface area contributed by atoms with E-state index in [1.54, 1.807) is 0 Å². The molecule has 1 fully saturated rings. The van der Waals surface area contributed by atoms with Crippen molar-refractivity contribution in [1.29, 1.82) is 0 Å². The number of nitrogens with zero attached hydrogens (tertiary/aromatic N) is 2. The van der Waals surface area contributed by atoms with E-state index in [4.69, 9.17) is 9.90 Å². The van der Waals surface area contributed by atoms with E-state index in [2.05, 4.69) is 15.7 Å². The monoisotopic (exact) mass is 426 g/mol. The fourth-order valence-electron chi connectivity index (χ4n) is 2.90. The lowest BCUT2D eigenvalue weighted by molar-refractivity contribution is -0.138. The molecule has 1 aliphatic heterocycles. The second-order valence-electron chi connectivity index (χ2n) is 6.52. The zero-order valence-corrected chi connectivity index (χ0v) is 16.1. The van der Waals surface area contributed by atoms with Gasteiger partial charge in [-0.2, -0.15) is 18.3 Å². The summed E-state index contributed by atoms with van der Waals surface area (Å²) in [5.74, 6) is -2.24. The van der Waals surface area contributed by atoms with E-state index in [-0.39, 0.29) is 23.8 Å². The summed E-state index contributed by atoms with van der Waals surface area (Å²) >= 11 is 0. The van der Waals surface area contributed by atoms with Crippen LogP contribution in [-0.4, -0.2) is 39.2 Å². The standard InChI is InChI=1S/C17H17F3N4O2.C2H4O2/c18-17(19,20)13-6-2-1-4-11(13)10-24-14(7-9-22-24)23-16(26)12-5-3-8-21-15(12)25;1-2(3)4/h1-2,4,6-7,9,12H,3,5,8,10H2,(H,21,25)(H,23,26);1H3,(H,3,4). The van der Waals surface area contributed by atoms with Crippen LogP contribution < -0.4 is 10.6 Å². The number of aliphatic carboxylic acids is 1. The maximum atomic E-state index is 13.1. The van der Waals surface area contributed by atoms with Crippen LogP contribution in [0.15, 0.2) is 36.5 Å². The summed E-state index contributed by atoms with van der Waals surface area (Å²) < 4.78 is 40.7. The van der Waals surface area contributed by atoms with Crippen molar-refractivity contribution < 1.29 is 32.7 Å². The summed E-state index contributed by atoms with van der Waals surface area (Å²) in [4.78, 5) is 33.1. The second-order valence-corrected chi connectivity index (χ2v) is 6.52. The molecule has 30 heavy (non-hydrogen) atoms. The summed E-state index contributed by atoms with van der Waals surface area (Å²) in [6, 6.07) is 6.68. The molecule has 1 aromatic carbocycles. The molecule has 1 saturated heterocycles.